The van der Waals surface area contributed by atoms with Gasteiger partial charge in [-0.25, -0.2) is 23.1 Å². The second-order valence-electron chi connectivity index (χ2n) is 7.21. The van der Waals surface area contributed by atoms with Gasteiger partial charge in [-0.2, -0.15) is 11.8 Å². The summed E-state index contributed by atoms with van der Waals surface area (Å²) in [5, 5.41) is 7.11. The number of hydrogen-bond donors (Lipinski definition) is 3. The fourth-order valence-electron chi connectivity index (χ4n) is 3.19. The lowest BCUT2D eigenvalue weighted by Crippen LogP contribution is -2.46. The molecule has 0 saturated carbocycles. The van der Waals surface area contributed by atoms with Crippen LogP contribution < -0.4 is 10.6 Å². The minimum Gasteiger partial charge on any atom is -0.355 e. The number of halogens is 3. The van der Waals surface area contributed by atoms with Crippen LogP contribution in [0.5, 0.6) is 0 Å². The Kier molecular flexibility index (Phi) is 8.91. The molecule has 2 atom stereocenters. The highest BCUT2D eigenvalue weighted by molar-refractivity contribution is 7.97. The van der Waals surface area contributed by atoms with Crippen LogP contribution in [0.4, 0.5) is 19.0 Å². The average molecular weight is 441 g/mol. The average Bonchev–Trinajstić information content (AvgIpc) is 3.15. The summed E-state index contributed by atoms with van der Waals surface area (Å²) in [6, 6.07) is 1.67. The zero-order chi connectivity index (χ0) is 22.3. The number of aromatic nitrogens is 3. The van der Waals surface area contributed by atoms with Crippen LogP contribution in [0.2, 0.25) is 0 Å². The fraction of sp³-hybridized carbons (Fsp3) is 0.450. The minimum absolute atomic E-state index is 0.0399. The highest BCUT2D eigenvalue weighted by Crippen LogP contribution is 2.27. The van der Waals surface area contributed by atoms with E-state index >= 15 is 0 Å². The normalized spacial score (nSPS) is 19.1. The van der Waals surface area contributed by atoms with Crippen molar-refractivity contribution in [2.24, 2.45) is 11.7 Å². The molecule has 4 N–H and O–H groups in total. The van der Waals surface area contributed by atoms with Crippen molar-refractivity contribution < 1.29 is 13.2 Å². The van der Waals surface area contributed by atoms with E-state index in [2.05, 4.69) is 21.9 Å². The van der Waals surface area contributed by atoms with Gasteiger partial charge in [0.05, 0.1) is 23.8 Å². The Morgan fingerprint density at radius 1 is 1.33 bits per heavy atom. The molecule has 164 valence electrons. The molecule has 1 saturated heterocycles. The van der Waals surface area contributed by atoms with Gasteiger partial charge in [0.2, 0.25) is 0 Å². The highest BCUT2D eigenvalue weighted by Gasteiger charge is 2.24. The molecule has 1 fully saturated rings. The molecular weight excluding hydrogens is 413 g/mol. The topological polar surface area (TPSA) is 94.7 Å². The maximum absolute atomic E-state index is 14.3. The van der Waals surface area contributed by atoms with E-state index < -0.39 is 18.0 Å². The molecule has 0 spiro atoms. The minimum atomic E-state index is -2.85. The molecule has 2 unspecified atom stereocenters. The van der Waals surface area contributed by atoms with Crippen LogP contribution in [0, 0.1) is 17.1 Å². The lowest BCUT2D eigenvalue weighted by Gasteiger charge is -2.35. The molecule has 1 aliphatic rings. The smallest absolute Gasteiger partial charge is 0.279 e. The Morgan fingerprint density at radius 2 is 2.03 bits per heavy atom. The van der Waals surface area contributed by atoms with Gasteiger partial charge in [0.1, 0.15) is 11.6 Å². The molecule has 0 bridgehead atoms. The first-order valence-corrected chi connectivity index (χ1v) is 11.0. The molecule has 0 aromatic carbocycles. The van der Waals surface area contributed by atoms with Gasteiger partial charge in [0, 0.05) is 24.7 Å². The summed E-state index contributed by atoms with van der Waals surface area (Å²) in [4.78, 5) is 13.1. The van der Waals surface area contributed by atoms with E-state index in [4.69, 9.17) is 11.1 Å². The molecule has 2 aromatic heterocycles. The Hall–Kier alpha value is -2.33. The number of pyridine rings is 1. The summed E-state index contributed by atoms with van der Waals surface area (Å²) >= 11 is 1.75. The molecule has 0 aliphatic carbocycles. The highest BCUT2D eigenvalue weighted by atomic mass is 32.2. The van der Waals surface area contributed by atoms with Gasteiger partial charge >= 0.3 is 0 Å². The molecule has 2 aromatic rings. The van der Waals surface area contributed by atoms with E-state index in [1.807, 2.05) is 17.4 Å². The first-order chi connectivity index (χ1) is 14.2. The van der Waals surface area contributed by atoms with E-state index in [-0.39, 0.29) is 17.4 Å². The standard InChI is InChI=1S/C18H21F3N6.C2H6S/c1-10-4-11(22)9-27(8-10)17-5-12(13(19)6-25-17)15-7-24-16(26-15)3-2-14(23)18(20)21;1-3-2/h2-3,5-7,10-11,18,23H,4,8-9,22H2,1H3,(H,24,26);1-2H3/b3-2-,23-14?;. The Bertz CT molecular complexity index is 860. The largest absolute Gasteiger partial charge is 0.355 e. The van der Waals surface area contributed by atoms with E-state index in [9.17, 15) is 13.2 Å². The predicted molar refractivity (Wildman–Crippen MR) is 118 cm³/mol. The number of allylic oxidation sites excluding steroid dienone is 1. The first kappa shape index (κ1) is 23.9. The maximum atomic E-state index is 14.3. The molecule has 6 nitrogen and oxygen atoms in total. The van der Waals surface area contributed by atoms with E-state index in [1.54, 1.807) is 17.8 Å². The second-order valence-corrected chi connectivity index (χ2v) is 8.02. The van der Waals surface area contributed by atoms with Gasteiger partial charge in [0.15, 0.2) is 5.82 Å². The quantitative estimate of drug-likeness (QED) is 0.610. The Morgan fingerprint density at radius 3 is 2.67 bits per heavy atom. The second kappa shape index (κ2) is 11.2. The molecule has 3 rings (SSSR count). The van der Waals surface area contributed by atoms with Crippen LogP contribution in [0.25, 0.3) is 17.3 Å². The zero-order valence-electron chi connectivity index (χ0n) is 17.2. The molecular formula is C20H27F3N6S. The summed E-state index contributed by atoms with van der Waals surface area (Å²) in [5.41, 5.74) is 5.94. The van der Waals surface area contributed by atoms with Crippen molar-refractivity contribution in [1.29, 1.82) is 5.41 Å². The predicted octanol–water partition coefficient (Wildman–Crippen LogP) is 4.06. The molecule has 10 heteroatoms. The number of alkyl halides is 2. The third-order valence-corrected chi connectivity index (χ3v) is 4.40. The summed E-state index contributed by atoms with van der Waals surface area (Å²) in [5.74, 6) is 0.770. The summed E-state index contributed by atoms with van der Waals surface area (Å²) in [6.45, 7) is 3.55. The zero-order valence-corrected chi connectivity index (χ0v) is 18.0. The number of imidazole rings is 1. The van der Waals surface area contributed by atoms with Crippen molar-refractivity contribution in [2.45, 2.75) is 25.8 Å². The van der Waals surface area contributed by atoms with Gasteiger partial charge in [-0.05, 0) is 43.1 Å². The number of thioether (sulfide) groups is 1. The number of anilines is 1. The number of H-pyrrole nitrogens is 1. The number of hydrogen-bond acceptors (Lipinski definition) is 6. The fourth-order valence-corrected chi connectivity index (χ4v) is 3.19. The monoisotopic (exact) mass is 440 g/mol. The molecule has 30 heavy (non-hydrogen) atoms. The number of piperidine rings is 1. The summed E-state index contributed by atoms with van der Waals surface area (Å²) in [7, 11) is 0. The van der Waals surface area contributed by atoms with Crippen molar-refractivity contribution in [2.75, 3.05) is 30.5 Å². The number of rotatable bonds is 5. The third-order valence-electron chi connectivity index (χ3n) is 4.40. The van der Waals surface area contributed by atoms with E-state index in [0.29, 0.717) is 24.0 Å². The van der Waals surface area contributed by atoms with E-state index in [0.717, 1.165) is 25.2 Å². The number of nitrogens with zero attached hydrogens (tertiary/aromatic N) is 3. The van der Waals surface area contributed by atoms with Crippen LogP contribution in [-0.2, 0) is 0 Å². The summed E-state index contributed by atoms with van der Waals surface area (Å²) < 4.78 is 39.0. The van der Waals surface area contributed by atoms with Crippen molar-refractivity contribution in [3.05, 3.63) is 36.2 Å². The van der Waals surface area contributed by atoms with Crippen molar-refractivity contribution in [3.8, 4) is 11.3 Å². The number of nitrogens with one attached hydrogen (secondary N) is 2. The lowest BCUT2D eigenvalue weighted by atomic mass is 9.96. The molecule has 3 heterocycles. The van der Waals surface area contributed by atoms with Crippen molar-refractivity contribution in [1.82, 2.24) is 15.0 Å². The SMILES string of the molecule is CC1CC(N)CN(c2cc(-c3cnc(/C=C\C(=N)C(F)F)[nH]3)c(F)cn2)C1.CSC. The van der Waals surface area contributed by atoms with Gasteiger partial charge < -0.3 is 15.6 Å². The van der Waals surface area contributed by atoms with Crippen LogP contribution in [0.15, 0.2) is 24.5 Å². The van der Waals surface area contributed by atoms with Crippen LogP contribution in [-0.4, -0.2) is 58.7 Å². The van der Waals surface area contributed by atoms with Gasteiger partial charge in [-0.3, -0.25) is 5.41 Å². The maximum Gasteiger partial charge on any atom is 0.279 e. The number of aromatic amines is 1. The van der Waals surface area contributed by atoms with Crippen LogP contribution >= 0.6 is 11.8 Å². The molecule has 1 aliphatic heterocycles. The lowest BCUT2D eigenvalue weighted by molar-refractivity contribution is 0.226. The van der Waals surface area contributed by atoms with Crippen LogP contribution in [0.3, 0.4) is 0 Å². The first-order valence-electron chi connectivity index (χ1n) is 9.41. The van der Waals surface area contributed by atoms with Crippen molar-refractivity contribution >= 4 is 29.4 Å². The molecule has 0 amide bonds. The summed E-state index contributed by atoms with van der Waals surface area (Å²) in [6.07, 6.45) is 6.95. The Labute approximate surface area is 178 Å². The van der Waals surface area contributed by atoms with Crippen LogP contribution in [0.1, 0.15) is 19.2 Å². The van der Waals surface area contributed by atoms with Gasteiger partial charge in [-0.1, -0.05) is 6.92 Å². The van der Waals surface area contributed by atoms with E-state index in [1.165, 1.54) is 12.3 Å². The van der Waals surface area contributed by atoms with Gasteiger partial charge in [-0.15, -0.1) is 0 Å². The van der Waals surface area contributed by atoms with Crippen molar-refractivity contribution in [3.63, 3.8) is 0 Å². The molecule has 0 radical (unpaired) electrons. The van der Waals surface area contributed by atoms with Gasteiger partial charge in [0.25, 0.3) is 6.43 Å². The number of nitrogens with two attached hydrogens (primary N) is 1. The third kappa shape index (κ3) is 6.60. The Balaban J connectivity index is 0.00000101.